The van der Waals surface area contributed by atoms with Gasteiger partial charge < -0.3 is 15.6 Å². The van der Waals surface area contributed by atoms with Gasteiger partial charge in [-0.3, -0.25) is 0 Å². The first kappa shape index (κ1) is 18.5. The third-order valence-corrected chi connectivity index (χ3v) is 4.75. The summed E-state index contributed by atoms with van der Waals surface area (Å²) in [5, 5.41) is 9.18. The van der Waals surface area contributed by atoms with Gasteiger partial charge in [-0.15, -0.1) is 11.3 Å². The van der Waals surface area contributed by atoms with Crippen LogP contribution < -0.4 is 10.5 Å². The SMILES string of the molecule is Cc1ccc(OCCC#Cc2ccc(CCC(C)(N)CO)s2)cc1. The summed E-state index contributed by atoms with van der Waals surface area (Å²) in [6.45, 7) is 4.53. The van der Waals surface area contributed by atoms with E-state index in [9.17, 15) is 5.11 Å². The average molecular weight is 343 g/mol. The molecule has 0 amide bonds. The van der Waals surface area contributed by atoms with Crippen molar-refractivity contribution in [1.29, 1.82) is 0 Å². The Hall–Kier alpha value is -1.80. The van der Waals surface area contributed by atoms with E-state index in [0.29, 0.717) is 13.0 Å². The van der Waals surface area contributed by atoms with Crippen LogP contribution in [0.15, 0.2) is 36.4 Å². The molecule has 2 aromatic rings. The van der Waals surface area contributed by atoms with Gasteiger partial charge in [0.2, 0.25) is 0 Å². The minimum absolute atomic E-state index is 0.00597. The molecule has 0 aliphatic heterocycles. The third kappa shape index (κ3) is 6.37. The van der Waals surface area contributed by atoms with Gasteiger partial charge in [0.1, 0.15) is 5.75 Å². The van der Waals surface area contributed by atoms with Crippen LogP contribution in [0.25, 0.3) is 0 Å². The molecule has 128 valence electrons. The van der Waals surface area contributed by atoms with Crippen molar-refractivity contribution in [2.45, 2.75) is 38.6 Å². The standard InChI is InChI=1S/C20H25NO2S/c1-16-6-8-17(9-7-16)23-14-4-3-5-18-10-11-19(24-18)12-13-20(2,21)15-22/h6-11,22H,4,12-15,21H2,1-2H3. The highest BCUT2D eigenvalue weighted by Gasteiger charge is 2.16. The number of rotatable bonds is 7. The van der Waals surface area contributed by atoms with Gasteiger partial charge in [-0.25, -0.2) is 0 Å². The van der Waals surface area contributed by atoms with E-state index in [2.05, 4.69) is 24.8 Å². The molecule has 3 nitrogen and oxygen atoms in total. The summed E-state index contributed by atoms with van der Waals surface area (Å²) in [4.78, 5) is 2.31. The van der Waals surface area contributed by atoms with Crippen molar-refractivity contribution in [3.05, 3.63) is 51.7 Å². The predicted molar refractivity (Wildman–Crippen MR) is 100 cm³/mol. The van der Waals surface area contributed by atoms with Crippen LogP contribution in [0.3, 0.4) is 0 Å². The molecule has 0 saturated heterocycles. The normalized spacial score (nSPS) is 13.0. The first-order chi connectivity index (χ1) is 11.5. The molecular weight excluding hydrogens is 318 g/mol. The number of aliphatic hydroxyl groups excluding tert-OH is 1. The first-order valence-corrected chi connectivity index (χ1v) is 8.97. The first-order valence-electron chi connectivity index (χ1n) is 8.15. The number of aryl methyl sites for hydroxylation is 2. The molecule has 0 saturated carbocycles. The molecule has 3 N–H and O–H groups in total. The third-order valence-electron chi connectivity index (χ3n) is 3.69. The van der Waals surface area contributed by atoms with E-state index < -0.39 is 5.54 Å². The molecule has 0 bridgehead atoms. The lowest BCUT2D eigenvalue weighted by Gasteiger charge is -2.20. The van der Waals surface area contributed by atoms with Crippen molar-refractivity contribution in [2.75, 3.05) is 13.2 Å². The molecule has 1 aromatic heterocycles. The van der Waals surface area contributed by atoms with Crippen LogP contribution in [-0.4, -0.2) is 23.9 Å². The summed E-state index contributed by atoms with van der Waals surface area (Å²) >= 11 is 1.69. The molecule has 0 spiro atoms. The van der Waals surface area contributed by atoms with Gasteiger partial charge in [0, 0.05) is 16.8 Å². The number of thiophene rings is 1. The molecular formula is C20H25NO2S. The van der Waals surface area contributed by atoms with Gasteiger partial charge in [0.05, 0.1) is 18.1 Å². The number of ether oxygens (including phenoxy) is 1. The lowest BCUT2D eigenvalue weighted by atomic mass is 9.98. The topological polar surface area (TPSA) is 55.5 Å². The van der Waals surface area contributed by atoms with Crippen LogP contribution in [-0.2, 0) is 6.42 Å². The fourth-order valence-electron chi connectivity index (χ4n) is 2.07. The largest absolute Gasteiger partial charge is 0.493 e. The predicted octanol–water partition coefficient (Wildman–Crippen LogP) is 3.52. The summed E-state index contributed by atoms with van der Waals surface area (Å²) < 4.78 is 5.66. The average Bonchev–Trinajstić information content (AvgIpc) is 3.02. The summed E-state index contributed by atoms with van der Waals surface area (Å²) in [7, 11) is 0. The summed E-state index contributed by atoms with van der Waals surface area (Å²) in [6.07, 6.45) is 2.34. The summed E-state index contributed by atoms with van der Waals surface area (Å²) in [6, 6.07) is 12.2. The minimum atomic E-state index is -0.511. The van der Waals surface area contributed by atoms with Gasteiger partial charge in [0.25, 0.3) is 0 Å². The van der Waals surface area contributed by atoms with E-state index in [1.165, 1.54) is 10.4 Å². The van der Waals surface area contributed by atoms with Crippen LogP contribution in [0.5, 0.6) is 5.75 Å². The Labute approximate surface area is 148 Å². The van der Waals surface area contributed by atoms with Crippen molar-refractivity contribution in [3.63, 3.8) is 0 Å². The van der Waals surface area contributed by atoms with E-state index in [1.807, 2.05) is 37.3 Å². The molecule has 1 heterocycles. The van der Waals surface area contributed by atoms with E-state index in [4.69, 9.17) is 10.5 Å². The maximum absolute atomic E-state index is 9.18. The highest BCUT2D eigenvalue weighted by atomic mass is 32.1. The second kappa shape index (κ2) is 8.89. The number of hydrogen-bond acceptors (Lipinski definition) is 4. The Bertz CT molecular complexity index is 692. The number of nitrogens with two attached hydrogens (primary N) is 1. The van der Waals surface area contributed by atoms with Crippen molar-refractivity contribution < 1.29 is 9.84 Å². The van der Waals surface area contributed by atoms with Gasteiger partial charge in [-0.1, -0.05) is 29.5 Å². The molecule has 1 atom stereocenters. The van der Waals surface area contributed by atoms with Gasteiger partial charge >= 0.3 is 0 Å². The molecule has 1 unspecified atom stereocenters. The maximum atomic E-state index is 9.18. The molecule has 1 aromatic carbocycles. The van der Waals surface area contributed by atoms with Gasteiger partial charge in [0.15, 0.2) is 0 Å². The highest BCUT2D eigenvalue weighted by molar-refractivity contribution is 7.12. The molecule has 2 rings (SSSR count). The Morgan fingerprint density at radius 2 is 1.96 bits per heavy atom. The van der Waals surface area contributed by atoms with E-state index >= 15 is 0 Å². The molecule has 0 fully saturated rings. The van der Waals surface area contributed by atoms with Crippen LogP contribution in [0, 0.1) is 18.8 Å². The molecule has 0 aliphatic rings. The van der Waals surface area contributed by atoms with Gasteiger partial charge in [-0.05, 0) is 51.0 Å². The van der Waals surface area contributed by atoms with E-state index in [0.717, 1.165) is 23.5 Å². The Morgan fingerprint density at radius 1 is 1.21 bits per heavy atom. The highest BCUT2D eigenvalue weighted by Crippen LogP contribution is 2.19. The summed E-state index contributed by atoms with van der Waals surface area (Å²) in [5.41, 5.74) is 6.67. The molecule has 0 radical (unpaired) electrons. The Balaban J connectivity index is 1.74. The van der Waals surface area contributed by atoms with Crippen LogP contribution in [0.4, 0.5) is 0 Å². The lowest BCUT2D eigenvalue weighted by Crippen LogP contribution is -2.40. The van der Waals surface area contributed by atoms with Gasteiger partial charge in [-0.2, -0.15) is 0 Å². The number of hydrogen-bond donors (Lipinski definition) is 2. The monoisotopic (exact) mass is 343 g/mol. The molecule has 4 heteroatoms. The second-order valence-corrected chi connectivity index (χ2v) is 7.46. The fraction of sp³-hybridized carbons (Fsp3) is 0.400. The smallest absolute Gasteiger partial charge is 0.119 e. The fourth-order valence-corrected chi connectivity index (χ4v) is 2.95. The van der Waals surface area contributed by atoms with Crippen LogP contribution >= 0.6 is 11.3 Å². The van der Waals surface area contributed by atoms with Crippen molar-refractivity contribution in [2.24, 2.45) is 5.73 Å². The lowest BCUT2D eigenvalue weighted by molar-refractivity contribution is 0.201. The zero-order valence-corrected chi connectivity index (χ0v) is 15.2. The van der Waals surface area contributed by atoms with Crippen LogP contribution in [0.2, 0.25) is 0 Å². The molecule has 24 heavy (non-hydrogen) atoms. The number of benzene rings is 1. The zero-order chi connectivity index (χ0) is 17.4. The van der Waals surface area contributed by atoms with Crippen LogP contribution in [0.1, 0.15) is 35.1 Å². The maximum Gasteiger partial charge on any atom is 0.119 e. The quantitative estimate of drug-likeness (QED) is 0.597. The second-order valence-electron chi connectivity index (χ2n) is 6.29. The van der Waals surface area contributed by atoms with E-state index in [1.54, 1.807) is 11.3 Å². The van der Waals surface area contributed by atoms with Crippen molar-refractivity contribution in [1.82, 2.24) is 0 Å². The Kier molecular flexibility index (Phi) is 6.86. The molecule has 0 aliphatic carbocycles. The zero-order valence-electron chi connectivity index (χ0n) is 14.3. The minimum Gasteiger partial charge on any atom is -0.493 e. The van der Waals surface area contributed by atoms with Crippen molar-refractivity contribution in [3.8, 4) is 17.6 Å². The summed E-state index contributed by atoms with van der Waals surface area (Å²) in [5.74, 6) is 7.21. The van der Waals surface area contributed by atoms with E-state index in [-0.39, 0.29) is 6.61 Å². The van der Waals surface area contributed by atoms with Crippen molar-refractivity contribution >= 4 is 11.3 Å². The Morgan fingerprint density at radius 3 is 2.67 bits per heavy atom. The number of aliphatic hydroxyl groups is 1.